The minimum absolute atomic E-state index is 0.624. The van der Waals surface area contributed by atoms with Crippen LogP contribution < -0.4 is 11.1 Å². The van der Waals surface area contributed by atoms with E-state index in [0.29, 0.717) is 12.0 Å². The molecule has 2 aliphatic rings. The van der Waals surface area contributed by atoms with Crippen LogP contribution in [0.4, 0.5) is 0 Å². The van der Waals surface area contributed by atoms with Crippen molar-refractivity contribution in [3.8, 4) is 0 Å². The van der Waals surface area contributed by atoms with Crippen molar-refractivity contribution in [1.82, 2.24) is 5.32 Å². The van der Waals surface area contributed by atoms with Crippen molar-refractivity contribution < 1.29 is 0 Å². The first kappa shape index (κ1) is 11.7. The topological polar surface area (TPSA) is 50.4 Å². The number of nitrogens with one attached hydrogen (secondary N) is 1. The van der Waals surface area contributed by atoms with Gasteiger partial charge in [0.05, 0.1) is 0 Å². The molecule has 0 aliphatic heterocycles. The number of aliphatic imine (C=N–C) groups is 1. The van der Waals surface area contributed by atoms with Crippen LogP contribution in [0.15, 0.2) is 4.99 Å². The third kappa shape index (κ3) is 4.03. The van der Waals surface area contributed by atoms with E-state index in [0.717, 1.165) is 18.4 Å². The van der Waals surface area contributed by atoms with E-state index in [-0.39, 0.29) is 0 Å². The Hall–Kier alpha value is -0.730. The first-order chi connectivity index (χ1) is 7.74. The summed E-state index contributed by atoms with van der Waals surface area (Å²) >= 11 is 0. The van der Waals surface area contributed by atoms with Gasteiger partial charge in [0, 0.05) is 12.6 Å². The highest BCUT2D eigenvalue weighted by atomic mass is 15.1. The van der Waals surface area contributed by atoms with Gasteiger partial charge in [-0.15, -0.1) is 0 Å². The molecule has 0 spiro atoms. The van der Waals surface area contributed by atoms with E-state index in [4.69, 9.17) is 5.73 Å². The molecular formula is C13H25N3. The maximum absolute atomic E-state index is 5.80. The Morgan fingerprint density at radius 3 is 2.81 bits per heavy atom. The zero-order valence-corrected chi connectivity index (χ0v) is 10.4. The van der Waals surface area contributed by atoms with Gasteiger partial charge in [-0.25, -0.2) is 0 Å². The lowest BCUT2D eigenvalue weighted by molar-refractivity contribution is 0.272. The molecule has 0 aromatic heterocycles. The van der Waals surface area contributed by atoms with Crippen molar-refractivity contribution in [3.05, 3.63) is 0 Å². The minimum atomic E-state index is 0.624. The molecule has 0 heterocycles. The van der Waals surface area contributed by atoms with Crippen LogP contribution in [0.2, 0.25) is 0 Å². The molecule has 3 heteroatoms. The molecule has 0 aromatic carbocycles. The highest BCUT2D eigenvalue weighted by Gasteiger charge is 2.21. The van der Waals surface area contributed by atoms with Gasteiger partial charge in [0.2, 0.25) is 0 Å². The lowest BCUT2D eigenvalue weighted by atomic mass is 9.81. The number of guanidine groups is 1. The summed E-state index contributed by atoms with van der Waals surface area (Å²) in [5.74, 6) is 2.47. The van der Waals surface area contributed by atoms with Crippen molar-refractivity contribution in [2.75, 3.05) is 6.54 Å². The molecule has 16 heavy (non-hydrogen) atoms. The summed E-state index contributed by atoms with van der Waals surface area (Å²) in [5.41, 5.74) is 5.80. The van der Waals surface area contributed by atoms with E-state index >= 15 is 0 Å². The van der Waals surface area contributed by atoms with Crippen molar-refractivity contribution in [2.24, 2.45) is 22.6 Å². The van der Waals surface area contributed by atoms with Crippen molar-refractivity contribution in [3.63, 3.8) is 0 Å². The Morgan fingerprint density at radius 1 is 1.31 bits per heavy atom. The molecule has 0 radical (unpaired) electrons. The molecule has 2 rings (SSSR count). The van der Waals surface area contributed by atoms with Crippen LogP contribution in [-0.4, -0.2) is 18.5 Å². The van der Waals surface area contributed by atoms with Gasteiger partial charge in [0.1, 0.15) is 0 Å². The lowest BCUT2D eigenvalue weighted by Gasteiger charge is -2.26. The van der Waals surface area contributed by atoms with E-state index in [1.807, 2.05) is 0 Å². The molecule has 0 amide bonds. The first-order valence-corrected chi connectivity index (χ1v) is 6.80. The van der Waals surface area contributed by atoms with E-state index in [1.54, 1.807) is 0 Å². The van der Waals surface area contributed by atoms with Crippen LogP contribution in [-0.2, 0) is 0 Å². The smallest absolute Gasteiger partial charge is 0.188 e. The van der Waals surface area contributed by atoms with E-state index in [1.165, 1.54) is 44.9 Å². The van der Waals surface area contributed by atoms with Gasteiger partial charge in [-0.05, 0) is 37.5 Å². The molecule has 0 saturated heterocycles. The quantitative estimate of drug-likeness (QED) is 0.567. The SMILES string of the molecule is CC1CCCC(CCN=C(N)NC2CC2)C1. The zero-order chi connectivity index (χ0) is 11.4. The van der Waals surface area contributed by atoms with Gasteiger partial charge in [-0.2, -0.15) is 0 Å². The predicted octanol–water partition coefficient (Wildman–Crippen LogP) is 2.27. The molecule has 2 aliphatic carbocycles. The number of rotatable bonds is 4. The normalized spacial score (nSPS) is 31.4. The molecule has 2 fully saturated rings. The average molecular weight is 223 g/mol. The van der Waals surface area contributed by atoms with Gasteiger partial charge >= 0.3 is 0 Å². The number of hydrogen-bond donors (Lipinski definition) is 2. The molecule has 0 bridgehead atoms. The van der Waals surface area contributed by atoms with Crippen molar-refractivity contribution in [2.45, 2.75) is 57.9 Å². The number of nitrogens with zero attached hydrogens (tertiary/aromatic N) is 1. The summed E-state index contributed by atoms with van der Waals surface area (Å²) in [6.45, 7) is 3.28. The molecule has 3 nitrogen and oxygen atoms in total. The second kappa shape index (κ2) is 5.55. The molecule has 0 aromatic rings. The summed E-state index contributed by atoms with van der Waals surface area (Å²) in [6.07, 6.45) is 9.36. The molecule has 2 saturated carbocycles. The van der Waals surface area contributed by atoms with E-state index in [2.05, 4.69) is 17.2 Å². The fourth-order valence-corrected chi connectivity index (χ4v) is 2.67. The monoisotopic (exact) mass is 223 g/mol. The molecular weight excluding hydrogens is 198 g/mol. The fourth-order valence-electron chi connectivity index (χ4n) is 2.67. The van der Waals surface area contributed by atoms with Crippen LogP contribution in [0.3, 0.4) is 0 Å². The minimum Gasteiger partial charge on any atom is -0.370 e. The van der Waals surface area contributed by atoms with Crippen LogP contribution in [0.25, 0.3) is 0 Å². The van der Waals surface area contributed by atoms with E-state index < -0.39 is 0 Å². The summed E-state index contributed by atoms with van der Waals surface area (Å²) < 4.78 is 0. The van der Waals surface area contributed by atoms with Crippen molar-refractivity contribution in [1.29, 1.82) is 0 Å². The standard InChI is InChI=1S/C13H25N3/c1-10-3-2-4-11(9-10)7-8-15-13(14)16-12-5-6-12/h10-12H,2-9H2,1H3,(H3,14,15,16). The van der Waals surface area contributed by atoms with Gasteiger partial charge < -0.3 is 11.1 Å². The summed E-state index contributed by atoms with van der Waals surface area (Å²) in [6, 6.07) is 0.624. The Bertz CT molecular complexity index is 246. The summed E-state index contributed by atoms with van der Waals surface area (Å²) in [7, 11) is 0. The molecule has 2 unspecified atom stereocenters. The zero-order valence-electron chi connectivity index (χ0n) is 10.4. The maximum atomic E-state index is 5.80. The molecule has 2 atom stereocenters. The number of nitrogens with two attached hydrogens (primary N) is 1. The average Bonchev–Trinajstić information content (AvgIpc) is 3.02. The Balaban J connectivity index is 1.62. The maximum Gasteiger partial charge on any atom is 0.188 e. The second-order valence-corrected chi connectivity index (χ2v) is 5.61. The van der Waals surface area contributed by atoms with Gasteiger partial charge in [-0.3, -0.25) is 4.99 Å². The Kier molecular flexibility index (Phi) is 4.08. The largest absolute Gasteiger partial charge is 0.370 e. The molecule has 3 N–H and O–H groups in total. The third-order valence-electron chi connectivity index (χ3n) is 3.79. The first-order valence-electron chi connectivity index (χ1n) is 6.80. The summed E-state index contributed by atoms with van der Waals surface area (Å²) in [4.78, 5) is 4.41. The molecule has 92 valence electrons. The van der Waals surface area contributed by atoms with Gasteiger partial charge in [0.25, 0.3) is 0 Å². The fraction of sp³-hybridized carbons (Fsp3) is 0.923. The Labute approximate surface area is 98.9 Å². The number of hydrogen-bond acceptors (Lipinski definition) is 1. The van der Waals surface area contributed by atoms with Crippen LogP contribution in [0.5, 0.6) is 0 Å². The van der Waals surface area contributed by atoms with Crippen molar-refractivity contribution >= 4 is 5.96 Å². The third-order valence-corrected chi connectivity index (χ3v) is 3.79. The van der Waals surface area contributed by atoms with Crippen LogP contribution in [0, 0.1) is 11.8 Å². The highest BCUT2D eigenvalue weighted by molar-refractivity contribution is 5.78. The van der Waals surface area contributed by atoms with Gasteiger partial charge in [0.15, 0.2) is 5.96 Å². The van der Waals surface area contributed by atoms with E-state index in [9.17, 15) is 0 Å². The van der Waals surface area contributed by atoms with Crippen LogP contribution >= 0.6 is 0 Å². The van der Waals surface area contributed by atoms with Gasteiger partial charge in [-0.1, -0.05) is 26.2 Å². The predicted molar refractivity (Wildman–Crippen MR) is 68.4 cm³/mol. The lowest BCUT2D eigenvalue weighted by Crippen LogP contribution is -2.33. The van der Waals surface area contributed by atoms with Crippen LogP contribution in [0.1, 0.15) is 51.9 Å². The second-order valence-electron chi connectivity index (χ2n) is 5.61. The summed E-state index contributed by atoms with van der Waals surface area (Å²) in [5, 5.41) is 3.23. The highest BCUT2D eigenvalue weighted by Crippen LogP contribution is 2.30. The Morgan fingerprint density at radius 2 is 2.12 bits per heavy atom.